The molecule has 52 heavy (non-hydrogen) atoms. The van der Waals surface area contributed by atoms with Gasteiger partial charge in [-0.1, -0.05) is 45.9 Å². The quantitative estimate of drug-likeness (QED) is 0.115. The summed E-state index contributed by atoms with van der Waals surface area (Å²) >= 11 is 0.990. The monoisotopic (exact) mass is 743 g/mol. The molecular formula is C38H49NO12S. The Kier molecular flexibility index (Phi) is 12.3. The Labute approximate surface area is 307 Å². The smallest absolute Gasteiger partial charge is 0.312 e. The maximum Gasteiger partial charge on any atom is 0.312 e. The number of Topliss-reactive ketones (excluding diaryl/α,β-unsaturated/α-hetero) is 1. The highest BCUT2D eigenvalue weighted by molar-refractivity contribution is 7.98. The molecule has 3 heterocycles. The van der Waals surface area contributed by atoms with Gasteiger partial charge < -0.3 is 50.2 Å². The predicted octanol–water partition coefficient (Wildman–Crippen LogP) is 5.64. The van der Waals surface area contributed by atoms with Crippen LogP contribution >= 0.6 is 11.8 Å². The second-order valence-electron chi connectivity index (χ2n) is 13.9. The van der Waals surface area contributed by atoms with Crippen molar-refractivity contribution in [1.29, 1.82) is 0 Å². The first kappa shape index (κ1) is 40.5. The van der Waals surface area contributed by atoms with Crippen LogP contribution in [0, 0.1) is 36.5 Å². The van der Waals surface area contributed by atoms with Crippen molar-refractivity contribution in [1.82, 2.24) is 0 Å². The number of hydrogen-bond donors (Lipinski definition) is 7. The first-order chi connectivity index (χ1) is 24.3. The molecule has 0 aliphatic carbocycles. The van der Waals surface area contributed by atoms with E-state index in [4.69, 9.17) is 14.2 Å². The number of aromatic hydroxyl groups is 3. The fraction of sp³-hybridized carbons (Fsp3) is 0.500. The molecule has 284 valence electrons. The molecule has 9 atom stereocenters. The topological polar surface area (TPSA) is 212 Å². The van der Waals surface area contributed by atoms with Crippen molar-refractivity contribution in [3.63, 3.8) is 0 Å². The molecule has 13 nitrogen and oxygen atoms in total. The second kappa shape index (κ2) is 15.8. The van der Waals surface area contributed by atoms with E-state index in [2.05, 4.69) is 5.32 Å². The van der Waals surface area contributed by atoms with Crippen LogP contribution in [-0.2, 0) is 19.1 Å². The molecule has 5 bridgehead atoms. The van der Waals surface area contributed by atoms with Crippen molar-refractivity contribution in [2.75, 3.05) is 18.7 Å². The van der Waals surface area contributed by atoms with E-state index in [-0.39, 0.29) is 50.2 Å². The van der Waals surface area contributed by atoms with Gasteiger partial charge in [-0.3, -0.25) is 14.4 Å². The standard InChI is InChI=1S/C38H49NO12S/c1-16-11-10-12-17(2)37(48)39-28-32(45)26-25(33(46)35(28)52-9)27-34(21(6)31(26)44)51-38(7,36(27)47)50-14-13-23(49-8)18(3)22(15-24(40)41)19(4)30(43)20(5)29(16)42/h10-14,16,18-20,22-23,29-30,42-46H,15H2,1-9H3,(H,39,48)(H,40,41)/t16-,18-,19-,20-,22+,23-,29-,30-,38+/m0/s1. The van der Waals surface area contributed by atoms with Crippen molar-refractivity contribution < 1.29 is 59.2 Å². The molecule has 0 saturated carbocycles. The van der Waals surface area contributed by atoms with Gasteiger partial charge in [-0.25, -0.2) is 0 Å². The van der Waals surface area contributed by atoms with Crippen molar-refractivity contribution in [2.45, 2.75) is 83.9 Å². The Hall–Kier alpha value is -4.24. The first-order valence-electron chi connectivity index (χ1n) is 17.0. The van der Waals surface area contributed by atoms with Crippen molar-refractivity contribution in [3.8, 4) is 23.0 Å². The summed E-state index contributed by atoms with van der Waals surface area (Å²) in [4.78, 5) is 39.5. The molecule has 0 spiro atoms. The van der Waals surface area contributed by atoms with Crippen LogP contribution in [0.5, 0.6) is 23.0 Å². The molecule has 3 aliphatic heterocycles. The number of methoxy groups -OCH3 is 1. The average molecular weight is 744 g/mol. The zero-order valence-electron chi connectivity index (χ0n) is 30.8. The summed E-state index contributed by atoms with van der Waals surface area (Å²) in [6.45, 7) is 11.3. The van der Waals surface area contributed by atoms with E-state index in [0.717, 1.165) is 11.8 Å². The number of aliphatic carboxylic acids is 1. The van der Waals surface area contributed by atoms with E-state index in [9.17, 15) is 45.0 Å². The number of ketones is 1. The number of benzene rings is 2. The largest absolute Gasteiger partial charge is 0.507 e. The van der Waals surface area contributed by atoms with Crippen molar-refractivity contribution >= 4 is 45.9 Å². The molecular weight excluding hydrogens is 694 g/mol. The van der Waals surface area contributed by atoms with E-state index in [1.807, 2.05) is 0 Å². The number of phenols is 3. The highest BCUT2D eigenvalue weighted by Gasteiger charge is 2.50. The van der Waals surface area contributed by atoms with Gasteiger partial charge in [0, 0.05) is 48.8 Å². The van der Waals surface area contributed by atoms with Gasteiger partial charge in [0.25, 0.3) is 11.7 Å². The van der Waals surface area contributed by atoms with E-state index in [0.29, 0.717) is 0 Å². The van der Waals surface area contributed by atoms with Crippen LogP contribution in [0.25, 0.3) is 10.8 Å². The summed E-state index contributed by atoms with van der Waals surface area (Å²) in [5.74, 6) is -9.02. The van der Waals surface area contributed by atoms with Crippen molar-refractivity contribution in [2.24, 2.45) is 29.6 Å². The predicted molar refractivity (Wildman–Crippen MR) is 196 cm³/mol. The third-order valence-corrected chi connectivity index (χ3v) is 11.4. The molecule has 0 unspecified atom stereocenters. The maximum absolute atomic E-state index is 14.1. The van der Waals surface area contributed by atoms with Crippen LogP contribution in [0.1, 0.15) is 63.9 Å². The molecule has 7 N–H and O–H groups in total. The molecule has 14 heteroatoms. The average Bonchev–Trinajstić information content (AvgIpc) is 3.36. The number of phenolic OH excluding ortho intramolecular Hbond substituents is 3. The van der Waals surface area contributed by atoms with Gasteiger partial charge in [0.2, 0.25) is 0 Å². The van der Waals surface area contributed by atoms with Gasteiger partial charge in [-0.05, 0) is 43.9 Å². The van der Waals surface area contributed by atoms with Gasteiger partial charge in [-0.15, -0.1) is 11.8 Å². The molecule has 5 rings (SSSR count). The number of carboxylic acids is 1. The Morgan fingerprint density at radius 3 is 2.21 bits per heavy atom. The van der Waals surface area contributed by atoms with Crippen LogP contribution in [0.15, 0.2) is 41.0 Å². The lowest BCUT2D eigenvalue weighted by Crippen LogP contribution is -2.43. The number of allylic oxidation sites excluding steroid dienone is 2. The van der Waals surface area contributed by atoms with Gasteiger partial charge in [0.15, 0.2) is 5.75 Å². The van der Waals surface area contributed by atoms with Crippen LogP contribution in [0.3, 0.4) is 0 Å². The second-order valence-corrected chi connectivity index (χ2v) is 14.7. The highest BCUT2D eigenvalue weighted by atomic mass is 32.2. The number of aliphatic hydroxyl groups is 2. The Morgan fingerprint density at radius 1 is 0.962 bits per heavy atom. The number of thioether (sulfide) groups is 1. The summed E-state index contributed by atoms with van der Waals surface area (Å²) in [5, 5.41) is 69.1. The lowest BCUT2D eigenvalue weighted by Gasteiger charge is -2.38. The molecule has 2 aromatic carbocycles. The number of anilines is 1. The van der Waals surface area contributed by atoms with Crippen LogP contribution in [0.2, 0.25) is 0 Å². The zero-order chi connectivity index (χ0) is 39.0. The molecule has 3 aliphatic rings. The fourth-order valence-corrected chi connectivity index (χ4v) is 7.82. The normalized spacial score (nSPS) is 30.2. The Morgan fingerprint density at radius 2 is 1.62 bits per heavy atom. The Bertz CT molecular complexity index is 1840. The lowest BCUT2D eigenvalue weighted by atomic mass is 9.72. The lowest BCUT2D eigenvalue weighted by molar-refractivity contribution is -0.140. The minimum atomic E-state index is -2.00. The third kappa shape index (κ3) is 7.34. The summed E-state index contributed by atoms with van der Waals surface area (Å²) in [6.07, 6.45) is 5.81. The number of hydrogen-bond acceptors (Lipinski definition) is 12. The molecule has 0 aromatic heterocycles. The van der Waals surface area contributed by atoms with Crippen LogP contribution in [-0.4, -0.2) is 85.8 Å². The molecule has 0 radical (unpaired) electrons. The van der Waals surface area contributed by atoms with E-state index < -0.39 is 88.6 Å². The van der Waals surface area contributed by atoms with Crippen molar-refractivity contribution in [3.05, 3.63) is 47.3 Å². The minimum absolute atomic E-state index is 0.0233. The number of aliphatic hydroxyl groups excluding tert-OH is 2. The number of carboxylic acid groups (broad SMARTS) is 1. The van der Waals surface area contributed by atoms with Gasteiger partial charge >= 0.3 is 11.8 Å². The SMILES string of the molecule is CO[C@H]1C=CO[C@]2(C)Oc3c(C)c(O)c4c(O)c(c(SC)c(O)c4c3C2=O)NC(=O)C(C)=CC=C[C@H](C)[C@H](O)[C@H](C)[C@@H](O)[C@@H](C)[C@H](CC(=O)O)[C@@H]1C. The summed E-state index contributed by atoms with van der Waals surface area (Å²) in [7, 11) is 1.43. The zero-order valence-corrected chi connectivity index (χ0v) is 31.6. The molecule has 0 saturated heterocycles. The summed E-state index contributed by atoms with van der Waals surface area (Å²) < 4.78 is 17.6. The van der Waals surface area contributed by atoms with E-state index in [1.165, 1.54) is 46.3 Å². The number of amides is 1. The molecule has 2 aromatic rings. The number of carbonyl (C=O) groups excluding carboxylic acids is 2. The van der Waals surface area contributed by atoms with Gasteiger partial charge in [0.05, 0.1) is 40.4 Å². The number of rotatable bonds is 4. The first-order valence-corrected chi connectivity index (χ1v) is 18.2. The fourth-order valence-electron chi connectivity index (χ4n) is 7.18. The number of nitrogens with one attached hydrogen (secondary N) is 1. The molecule has 0 fully saturated rings. The van der Waals surface area contributed by atoms with E-state index >= 15 is 0 Å². The summed E-state index contributed by atoms with van der Waals surface area (Å²) in [6, 6.07) is 0. The van der Waals surface area contributed by atoms with Crippen LogP contribution in [0.4, 0.5) is 5.69 Å². The van der Waals surface area contributed by atoms with E-state index in [1.54, 1.807) is 46.1 Å². The maximum atomic E-state index is 14.1. The Balaban J connectivity index is 1.93. The number of carbonyl (C=O) groups is 3. The third-order valence-electron chi connectivity index (χ3n) is 10.6. The summed E-state index contributed by atoms with van der Waals surface area (Å²) in [5.41, 5.74) is -0.0689. The highest BCUT2D eigenvalue weighted by Crippen LogP contribution is 2.57. The number of ether oxygens (including phenoxy) is 3. The molecule has 1 amide bonds. The van der Waals surface area contributed by atoms with Gasteiger partial charge in [0.1, 0.15) is 22.9 Å². The minimum Gasteiger partial charge on any atom is -0.507 e. The number of fused-ring (bicyclic) bond motifs is 14. The van der Waals surface area contributed by atoms with Gasteiger partial charge in [-0.2, -0.15) is 0 Å². The van der Waals surface area contributed by atoms with Crippen LogP contribution < -0.4 is 10.1 Å².